The molecule has 1 heterocycles. The van der Waals surface area contributed by atoms with E-state index in [9.17, 15) is 13.2 Å². The van der Waals surface area contributed by atoms with Gasteiger partial charge in [-0.2, -0.15) is 5.10 Å². The maximum absolute atomic E-state index is 12.5. The van der Waals surface area contributed by atoms with E-state index in [2.05, 4.69) is 10.4 Å². The van der Waals surface area contributed by atoms with E-state index in [4.69, 9.17) is 16.3 Å². The molecule has 2 aromatic carbocycles. The normalized spacial score (nSPS) is 11.4. The van der Waals surface area contributed by atoms with Crippen LogP contribution in [0.25, 0.3) is 5.69 Å². The average Bonchev–Trinajstić information content (AvgIpc) is 3.14. The van der Waals surface area contributed by atoms with Gasteiger partial charge in [-0.05, 0) is 42.5 Å². The Kier molecular flexibility index (Phi) is 6.13. The second-order valence-corrected chi connectivity index (χ2v) is 8.44. The Morgan fingerprint density at radius 3 is 2.61 bits per heavy atom. The van der Waals surface area contributed by atoms with Crippen LogP contribution < -0.4 is 5.32 Å². The van der Waals surface area contributed by atoms with Crippen molar-refractivity contribution in [2.24, 2.45) is 0 Å². The fourth-order valence-corrected chi connectivity index (χ4v) is 3.88. The first-order valence-electron chi connectivity index (χ1n) is 8.34. The predicted molar refractivity (Wildman–Crippen MR) is 107 cm³/mol. The fourth-order valence-electron chi connectivity index (χ4n) is 2.52. The van der Waals surface area contributed by atoms with Crippen molar-refractivity contribution in [2.45, 2.75) is 4.90 Å². The van der Waals surface area contributed by atoms with Crippen LogP contribution in [0.3, 0.4) is 0 Å². The van der Waals surface area contributed by atoms with Crippen molar-refractivity contribution in [3.63, 3.8) is 0 Å². The Morgan fingerprint density at radius 2 is 1.93 bits per heavy atom. The zero-order valence-corrected chi connectivity index (χ0v) is 16.6. The van der Waals surface area contributed by atoms with Gasteiger partial charge in [0.1, 0.15) is 5.82 Å². The molecule has 0 saturated heterocycles. The third-order valence-corrected chi connectivity index (χ3v) is 5.90. The molecule has 9 heteroatoms. The standard InChI is InChI=1S/C19H18ClN3O4S/c1-27-11-12-28(25,26)17-7-5-14(6-8-17)19(24)22-18-9-10-21-23(18)16-4-2-3-15(20)13-16/h2-10,13H,11-12H2,1H3,(H,22,24). The van der Waals surface area contributed by atoms with Gasteiger partial charge < -0.3 is 10.1 Å². The number of benzene rings is 2. The highest BCUT2D eigenvalue weighted by molar-refractivity contribution is 7.91. The number of anilines is 1. The van der Waals surface area contributed by atoms with E-state index in [1.807, 2.05) is 6.07 Å². The molecule has 3 rings (SSSR count). The molecule has 7 nitrogen and oxygen atoms in total. The number of sulfone groups is 1. The average molecular weight is 420 g/mol. The molecule has 0 aliphatic carbocycles. The van der Waals surface area contributed by atoms with Gasteiger partial charge in [-0.25, -0.2) is 13.1 Å². The number of amides is 1. The molecule has 1 aromatic heterocycles. The summed E-state index contributed by atoms with van der Waals surface area (Å²) in [7, 11) is -2.00. The van der Waals surface area contributed by atoms with Gasteiger partial charge in [0.15, 0.2) is 9.84 Å². The first kappa shape index (κ1) is 20.1. The summed E-state index contributed by atoms with van der Waals surface area (Å²) in [6.07, 6.45) is 1.56. The van der Waals surface area contributed by atoms with Crippen molar-refractivity contribution < 1.29 is 17.9 Å². The highest BCUT2D eigenvalue weighted by Crippen LogP contribution is 2.19. The zero-order valence-electron chi connectivity index (χ0n) is 15.0. The van der Waals surface area contributed by atoms with Crippen molar-refractivity contribution in [3.8, 4) is 5.69 Å². The molecule has 0 radical (unpaired) electrons. The molecule has 146 valence electrons. The van der Waals surface area contributed by atoms with Gasteiger partial charge in [-0.3, -0.25) is 4.79 Å². The third-order valence-electron chi connectivity index (χ3n) is 3.97. The van der Waals surface area contributed by atoms with Gasteiger partial charge in [0.25, 0.3) is 5.91 Å². The second kappa shape index (κ2) is 8.55. The number of carbonyl (C=O) groups is 1. The van der Waals surface area contributed by atoms with Crippen molar-refractivity contribution in [1.29, 1.82) is 0 Å². The van der Waals surface area contributed by atoms with Gasteiger partial charge in [0.05, 0.1) is 29.1 Å². The quantitative estimate of drug-likeness (QED) is 0.635. The molecule has 3 aromatic rings. The minimum absolute atomic E-state index is 0.109. The molecule has 28 heavy (non-hydrogen) atoms. The Hall–Kier alpha value is -2.68. The summed E-state index contributed by atoms with van der Waals surface area (Å²) < 4.78 is 30.7. The lowest BCUT2D eigenvalue weighted by Gasteiger charge is -2.10. The summed E-state index contributed by atoms with van der Waals surface area (Å²) in [5, 5.41) is 7.52. The van der Waals surface area contributed by atoms with Crippen molar-refractivity contribution in [1.82, 2.24) is 9.78 Å². The van der Waals surface area contributed by atoms with Crippen LogP contribution in [0, 0.1) is 0 Å². The fraction of sp³-hybridized carbons (Fsp3) is 0.158. The monoisotopic (exact) mass is 419 g/mol. The summed E-state index contributed by atoms with van der Waals surface area (Å²) in [4.78, 5) is 12.7. The molecule has 1 amide bonds. The number of nitrogens with one attached hydrogen (secondary N) is 1. The van der Waals surface area contributed by atoms with Gasteiger partial charge >= 0.3 is 0 Å². The third kappa shape index (κ3) is 4.59. The molecule has 1 N–H and O–H groups in total. The van der Waals surface area contributed by atoms with E-state index in [0.29, 0.717) is 22.1 Å². The van der Waals surface area contributed by atoms with Gasteiger partial charge in [0.2, 0.25) is 0 Å². The van der Waals surface area contributed by atoms with Crippen LogP contribution >= 0.6 is 11.6 Å². The number of nitrogens with zero attached hydrogens (tertiary/aromatic N) is 2. The van der Waals surface area contributed by atoms with E-state index in [0.717, 1.165) is 0 Å². The molecule has 0 aliphatic rings. The van der Waals surface area contributed by atoms with E-state index < -0.39 is 9.84 Å². The Balaban J connectivity index is 1.77. The van der Waals surface area contributed by atoms with Crippen LogP contribution in [-0.2, 0) is 14.6 Å². The minimum Gasteiger partial charge on any atom is -0.384 e. The minimum atomic E-state index is -3.44. The predicted octanol–water partition coefficient (Wildman–Crippen LogP) is 3.20. The molecule has 0 saturated carbocycles. The van der Waals surface area contributed by atoms with Crippen LogP contribution in [-0.4, -0.2) is 43.6 Å². The number of rotatable bonds is 7. The highest BCUT2D eigenvalue weighted by atomic mass is 35.5. The summed E-state index contributed by atoms with van der Waals surface area (Å²) in [5.41, 5.74) is 1.02. The largest absolute Gasteiger partial charge is 0.384 e. The van der Waals surface area contributed by atoms with Crippen LogP contribution in [0.5, 0.6) is 0 Å². The van der Waals surface area contributed by atoms with Gasteiger partial charge in [-0.1, -0.05) is 17.7 Å². The number of halogens is 1. The maximum atomic E-state index is 12.5. The Morgan fingerprint density at radius 1 is 1.18 bits per heavy atom. The number of hydrogen-bond donors (Lipinski definition) is 1. The molecular weight excluding hydrogens is 402 g/mol. The van der Waals surface area contributed by atoms with Gasteiger partial charge in [-0.15, -0.1) is 0 Å². The first-order chi connectivity index (χ1) is 13.4. The van der Waals surface area contributed by atoms with Crippen molar-refractivity contribution in [2.75, 3.05) is 24.8 Å². The molecule has 0 bridgehead atoms. The first-order valence-corrected chi connectivity index (χ1v) is 10.4. The van der Waals surface area contributed by atoms with E-state index in [1.54, 1.807) is 35.1 Å². The lowest BCUT2D eigenvalue weighted by Crippen LogP contribution is -2.16. The van der Waals surface area contributed by atoms with Crippen molar-refractivity contribution in [3.05, 3.63) is 71.4 Å². The Bertz CT molecular complexity index is 1080. The summed E-state index contributed by atoms with van der Waals surface area (Å²) in [6.45, 7) is 0.109. The summed E-state index contributed by atoms with van der Waals surface area (Å²) in [6, 6.07) is 14.5. The topological polar surface area (TPSA) is 90.3 Å². The molecule has 0 atom stereocenters. The maximum Gasteiger partial charge on any atom is 0.256 e. The summed E-state index contributed by atoms with van der Waals surface area (Å²) >= 11 is 6.01. The van der Waals surface area contributed by atoms with E-state index in [-0.39, 0.29) is 23.2 Å². The van der Waals surface area contributed by atoms with E-state index in [1.165, 1.54) is 31.4 Å². The number of aromatic nitrogens is 2. The van der Waals surface area contributed by atoms with Crippen molar-refractivity contribution >= 4 is 33.2 Å². The van der Waals surface area contributed by atoms with Crippen LogP contribution in [0.2, 0.25) is 5.02 Å². The number of hydrogen-bond acceptors (Lipinski definition) is 5. The van der Waals surface area contributed by atoms with Crippen LogP contribution in [0.1, 0.15) is 10.4 Å². The lowest BCUT2D eigenvalue weighted by atomic mass is 10.2. The SMILES string of the molecule is COCCS(=O)(=O)c1ccc(C(=O)Nc2ccnn2-c2cccc(Cl)c2)cc1. The summed E-state index contributed by atoms with van der Waals surface area (Å²) in [5.74, 6) is -0.0397. The van der Waals surface area contributed by atoms with Gasteiger partial charge in [0, 0.05) is 23.8 Å². The Labute approximate surface area is 167 Å². The smallest absolute Gasteiger partial charge is 0.256 e. The number of ether oxygens (including phenoxy) is 1. The van der Waals surface area contributed by atoms with E-state index >= 15 is 0 Å². The number of methoxy groups -OCH3 is 1. The number of carbonyl (C=O) groups excluding carboxylic acids is 1. The highest BCUT2D eigenvalue weighted by Gasteiger charge is 2.16. The molecular formula is C19H18ClN3O4S. The van der Waals surface area contributed by atoms with Crippen LogP contribution in [0.15, 0.2) is 65.7 Å². The molecule has 0 fully saturated rings. The second-order valence-electron chi connectivity index (χ2n) is 5.90. The molecule has 0 unspecified atom stereocenters. The molecule has 0 aliphatic heterocycles. The zero-order chi connectivity index (χ0) is 20.1. The lowest BCUT2D eigenvalue weighted by molar-refractivity contribution is 0.102. The van der Waals surface area contributed by atoms with Crippen LogP contribution in [0.4, 0.5) is 5.82 Å². The molecule has 0 spiro atoms.